The van der Waals surface area contributed by atoms with Crippen LogP contribution in [0.25, 0.3) is 0 Å². The van der Waals surface area contributed by atoms with Crippen LogP contribution >= 0.6 is 0 Å². The molecule has 142 valence electrons. The zero-order valence-electron chi connectivity index (χ0n) is 16.4. The molecule has 0 spiro atoms. The molecule has 1 N–H and O–H groups in total. The minimum atomic E-state index is -0.553. The van der Waals surface area contributed by atoms with Gasteiger partial charge in [-0.25, -0.2) is 4.79 Å². The molecule has 0 bridgehead atoms. The second kappa shape index (κ2) is 15.5. The van der Waals surface area contributed by atoms with E-state index in [0.29, 0.717) is 6.42 Å². The first-order chi connectivity index (χ1) is 11.5. The molecule has 0 rings (SSSR count). The first-order valence-electron chi connectivity index (χ1n) is 9.84. The Morgan fingerprint density at radius 1 is 0.792 bits per heavy atom. The van der Waals surface area contributed by atoms with Crippen LogP contribution in [0.4, 0.5) is 0 Å². The Labute approximate surface area is 149 Å². The third-order valence-electron chi connectivity index (χ3n) is 4.37. The highest BCUT2D eigenvalue weighted by Crippen LogP contribution is 2.13. The minimum absolute atomic E-state index is 0.0608. The van der Waals surface area contributed by atoms with E-state index < -0.39 is 12.0 Å². The Hall–Kier alpha value is -1.06. The predicted octanol–water partition coefficient (Wildman–Crippen LogP) is 5.00. The summed E-state index contributed by atoms with van der Waals surface area (Å²) in [5, 5.41) is 2.66. The average molecular weight is 342 g/mol. The second-order valence-electron chi connectivity index (χ2n) is 7.28. The summed E-state index contributed by atoms with van der Waals surface area (Å²) in [4.78, 5) is 22.9. The van der Waals surface area contributed by atoms with Crippen LogP contribution < -0.4 is 5.32 Å². The average Bonchev–Trinajstić information content (AvgIpc) is 2.54. The van der Waals surface area contributed by atoms with Gasteiger partial charge in [0.05, 0.1) is 7.11 Å². The lowest BCUT2D eigenvalue weighted by atomic mass is 10.0. The molecule has 0 aliphatic rings. The smallest absolute Gasteiger partial charge is 0.328 e. The highest BCUT2D eigenvalue weighted by atomic mass is 16.5. The molecule has 0 saturated heterocycles. The van der Waals surface area contributed by atoms with Gasteiger partial charge < -0.3 is 10.1 Å². The number of carbonyl (C=O) groups is 2. The van der Waals surface area contributed by atoms with Crippen molar-refractivity contribution in [1.82, 2.24) is 5.32 Å². The van der Waals surface area contributed by atoms with Crippen molar-refractivity contribution >= 4 is 11.9 Å². The molecule has 0 aliphatic heterocycles. The third-order valence-corrected chi connectivity index (χ3v) is 4.37. The number of ether oxygens (including phenoxy) is 1. The first-order valence-corrected chi connectivity index (χ1v) is 9.84. The molecule has 4 nitrogen and oxygen atoms in total. The molecular formula is C20H39NO3. The maximum absolute atomic E-state index is 11.7. The fourth-order valence-electron chi connectivity index (χ4n) is 2.80. The quantitative estimate of drug-likeness (QED) is 0.337. The Kier molecular flexibility index (Phi) is 14.8. The predicted molar refractivity (Wildman–Crippen MR) is 99.9 cm³/mol. The van der Waals surface area contributed by atoms with Crippen molar-refractivity contribution in [3.05, 3.63) is 0 Å². The third kappa shape index (κ3) is 14.5. The molecular weight excluding hydrogens is 302 g/mol. The van der Waals surface area contributed by atoms with Crippen LogP contribution in [0.5, 0.6) is 0 Å². The van der Waals surface area contributed by atoms with Crippen LogP contribution in [0.15, 0.2) is 0 Å². The van der Waals surface area contributed by atoms with Gasteiger partial charge in [-0.3, -0.25) is 4.79 Å². The molecule has 0 aliphatic carbocycles. The zero-order valence-corrected chi connectivity index (χ0v) is 16.4. The molecule has 0 fully saturated rings. The van der Waals surface area contributed by atoms with Gasteiger partial charge in [-0.05, 0) is 19.3 Å². The van der Waals surface area contributed by atoms with Crippen molar-refractivity contribution in [1.29, 1.82) is 0 Å². The number of carbonyl (C=O) groups excluding carboxylic acids is 2. The van der Waals surface area contributed by atoms with Crippen LogP contribution in [0.2, 0.25) is 0 Å². The van der Waals surface area contributed by atoms with Crippen molar-refractivity contribution < 1.29 is 14.3 Å². The fraction of sp³-hybridized carbons (Fsp3) is 0.900. The van der Waals surface area contributed by atoms with E-state index in [4.69, 9.17) is 0 Å². The lowest BCUT2D eigenvalue weighted by Gasteiger charge is -2.11. The summed E-state index contributed by atoms with van der Waals surface area (Å²) >= 11 is 0. The Bertz CT molecular complexity index is 329. The van der Waals surface area contributed by atoms with Gasteiger partial charge in [0.25, 0.3) is 0 Å². The summed E-state index contributed by atoms with van der Waals surface area (Å²) in [5.74, 6) is 0.387. The molecule has 0 saturated carbocycles. The van der Waals surface area contributed by atoms with Crippen molar-refractivity contribution in [3.8, 4) is 0 Å². The molecule has 4 heteroatoms. The van der Waals surface area contributed by atoms with Crippen molar-refractivity contribution in [3.63, 3.8) is 0 Å². The first kappa shape index (κ1) is 22.9. The topological polar surface area (TPSA) is 55.4 Å². The number of unbranched alkanes of at least 4 members (excludes halogenated alkanes) is 9. The maximum atomic E-state index is 11.7. The zero-order chi connectivity index (χ0) is 18.2. The van der Waals surface area contributed by atoms with Gasteiger partial charge in [0.1, 0.15) is 6.04 Å². The molecule has 1 atom stereocenters. The Morgan fingerprint density at radius 3 is 1.71 bits per heavy atom. The summed E-state index contributed by atoms with van der Waals surface area (Å²) < 4.78 is 4.58. The van der Waals surface area contributed by atoms with Gasteiger partial charge in [-0.15, -0.1) is 0 Å². The van der Waals surface area contributed by atoms with E-state index in [9.17, 15) is 9.59 Å². The van der Waals surface area contributed by atoms with Crippen LogP contribution in [-0.2, 0) is 14.3 Å². The standard InChI is InChI=1S/C20H39NO3/c1-17(2)15-13-11-9-7-5-6-8-10-12-14-16-19(22)21-18(3)20(23)24-4/h17-18H,5-16H2,1-4H3,(H,21,22)/t18-/m0/s1. The van der Waals surface area contributed by atoms with Gasteiger partial charge in [0.15, 0.2) is 0 Å². The summed E-state index contributed by atoms with van der Waals surface area (Å²) in [6.45, 7) is 6.24. The molecule has 24 heavy (non-hydrogen) atoms. The van der Waals surface area contributed by atoms with E-state index in [0.717, 1.165) is 18.8 Å². The SMILES string of the molecule is COC(=O)[C@H](C)NC(=O)CCCCCCCCCCCCC(C)C. The number of methoxy groups -OCH3 is 1. The summed E-state index contributed by atoms with van der Waals surface area (Å²) in [7, 11) is 1.33. The van der Waals surface area contributed by atoms with E-state index in [1.165, 1.54) is 64.9 Å². The number of rotatable bonds is 15. The van der Waals surface area contributed by atoms with Crippen LogP contribution in [0, 0.1) is 5.92 Å². The Morgan fingerprint density at radius 2 is 1.25 bits per heavy atom. The normalized spacial score (nSPS) is 12.2. The van der Waals surface area contributed by atoms with E-state index >= 15 is 0 Å². The van der Waals surface area contributed by atoms with E-state index in [-0.39, 0.29) is 5.91 Å². The van der Waals surface area contributed by atoms with Gasteiger partial charge in [0, 0.05) is 6.42 Å². The number of hydrogen-bond donors (Lipinski definition) is 1. The summed E-state index contributed by atoms with van der Waals surface area (Å²) in [6, 6.07) is -0.553. The van der Waals surface area contributed by atoms with Gasteiger partial charge in [-0.2, -0.15) is 0 Å². The van der Waals surface area contributed by atoms with Gasteiger partial charge in [-0.1, -0.05) is 78.1 Å². The number of esters is 1. The van der Waals surface area contributed by atoms with Crippen LogP contribution in [0.1, 0.15) is 97.8 Å². The Balaban J connectivity index is 3.30. The maximum Gasteiger partial charge on any atom is 0.328 e. The molecule has 1 amide bonds. The summed E-state index contributed by atoms with van der Waals surface area (Å²) in [6.07, 6.45) is 14.5. The van der Waals surface area contributed by atoms with Crippen molar-refractivity contribution in [2.75, 3.05) is 7.11 Å². The van der Waals surface area contributed by atoms with Gasteiger partial charge in [0.2, 0.25) is 5.91 Å². The minimum Gasteiger partial charge on any atom is -0.467 e. The molecule has 0 unspecified atom stereocenters. The largest absolute Gasteiger partial charge is 0.467 e. The van der Waals surface area contributed by atoms with Crippen molar-refractivity contribution in [2.45, 2.75) is 104 Å². The van der Waals surface area contributed by atoms with Crippen LogP contribution in [-0.4, -0.2) is 25.0 Å². The van der Waals surface area contributed by atoms with Crippen LogP contribution in [0.3, 0.4) is 0 Å². The lowest BCUT2D eigenvalue weighted by molar-refractivity contribution is -0.144. The van der Waals surface area contributed by atoms with E-state index in [1.54, 1.807) is 6.92 Å². The molecule has 0 aromatic heterocycles. The van der Waals surface area contributed by atoms with E-state index in [2.05, 4.69) is 23.9 Å². The van der Waals surface area contributed by atoms with Crippen molar-refractivity contribution in [2.24, 2.45) is 5.92 Å². The number of amides is 1. The molecule has 0 radical (unpaired) electrons. The second-order valence-corrected chi connectivity index (χ2v) is 7.28. The highest BCUT2D eigenvalue weighted by Gasteiger charge is 2.14. The fourth-order valence-corrected chi connectivity index (χ4v) is 2.80. The number of hydrogen-bond acceptors (Lipinski definition) is 3. The summed E-state index contributed by atoms with van der Waals surface area (Å²) in [5.41, 5.74) is 0. The monoisotopic (exact) mass is 341 g/mol. The molecule has 0 aromatic rings. The van der Waals surface area contributed by atoms with Gasteiger partial charge >= 0.3 is 5.97 Å². The number of nitrogens with one attached hydrogen (secondary N) is 1. The van der Waals surface area contributed by atoms with E-state index in [1.807, 2.05) is 0 Å². The lowest BCUT2D eigenvalue weighted by Crippen LogP contribution is -2.38. The molecule has 0 aromatic carbocycles. The molecule has 0 heterocycles. The highest BCUT2D eigenvalue weighted by molar-refractivity contribution is 5.83.